The molecule has 2 aromatic carbocycles. The van der Waals surface area contributed by atoms with Crippen LogP contribution in [0, 0.1) is 17.7 Å². The van der Waals surface area contributed by atoms with Gasteiger partial charge in [0.1, 0.15) is 11.9 Å². The van der Waals surface area contributed by atoms with Crippen LogP contribution in [0.4, 0.5) is 4.39 Å². The molecule has 0 spiro atoms. The molecule has 4 unspecified atom stereocenters. The summed E-state index contributed by atoms with van der Waals surface area (Å²) in [6.45, 7) is 10.1. The lowest BCUT2D eigenvalue weighted by Crippen LogP contribution is -2.46. The lowest BCUT2D eigenvalue weighted by molar-refractivity contribution is -0.140. The fourth-order valence-electron chi connectivity index (χ4n) is 7.08. The molecule has 1 aliphatic carbocycles. The number of likely N-dealkylation sites (tertiary alicyclic amines) is 1. The number of carboxylic acids is 1. The zero-order valence-electron chi connectivity index (χ0n) is 24.7. The standard InChI is InChI=1S/C34H45FN4O2/c1-4-39-32(21-30(37-39)18-24-10-12-28(35)13-11-24)26-14-16-38(17-15-26)22-27-19-29(36-33(23(2)3)34(40)41)20-31(27)25-8-6-5-7-9-25/h5-13,21,23,26-27,29,31,33,36H,4,14-20,22H2,1-3H3,(H,40,41). The van der Waals surface area contributed by atoms with Gasteiger partial charge in [-0.3, -0.25) is 9.48 Å². The van der Waals surface area contributed by atoms with Gasteiger partial charge >= 0.3 is 5.97 Å². The van der Waals surface area contributed by atoms with Gasteiger partial charge < -0.3 is 15.3 Å². The summed E-state index contributed by atoms with van der Waals surface area (Å²) in [5, 5.41) is 18.1. The fourth-order valence-corrected chi connectivity index (χ4v) is 7.08. The first-order chi connectivity index (χ1) is 19.8. The van der Waals surface area contributed by atoms with Crippen molar-refractivity contribution in [1.29, 1.82) is 0 Å². The first kappa shape index (κ1) is 29.5. The lowest BCUT2D eigenvalue weighted by atomic mass is 9.87. The number of aryl methyl sites for hydroxylation is 1. The summed E-state index contributed by atoms with van der Waals surface area (Å²) < 4.78 is 15.5. The second kappa shape index (κ2) is 13.3. The zero-order valence-corrected chi connectivity index (χ0v) is 24.7. The average Bonchev–Trinajstić information content (AvgIpc) is 3.57. The number of aromatic nitrogens is 2. The second-order valence-electron chi connectivity index (χ2n) is 12.4. The Bertz CT molecular complexity index is 1270. The van der Waals surface area contributed by atoms with Crippen molar-refractivity contribution in [3.05, 3.63) is 89.0 Å². The van der Waals surface area contributed by atoms with E-state index in [9.17, 15) is 14.3 Å². The molecule has 2 fully saturated rings. The molecule has 7 heteroatoms. The Balaban J connectivity index is 1.22. The van der Waals surface area contributed by atoms with Crippen molar-refractivity contribution in [2.24, 2.45) is 11.8 Å². The van der Waals surface area contributed by atoms with Crippen LogP contribution in [-0.4, -0.2) is 57.5 Å². The monoisotopic (exact) mass is 560 g/mol. The molecular weight excluding hydrogens is 515 g/mol. The third-order valence-electron chi connectivity index (χ3n) is 9.23. The molecule has 0 amide bonds. The van der Waals surface area contributed by atoms with Crippen LogP contribution >= 0.6 is 0 Å². The number of carbonyl (C=O) groups is 1. The van der Waals surface area contributed by atoms with E-state index < -0.39 is 12.0 Å². The average molecular weight is 561 g/mol. The Kier molecular flexibility index (Phi) is 9.56. The molecule has 2 heterocycles. The Morgan fingerprint density at radius 3 is 2.41 bits per heavy atom. The van der Waals surface area contributed by atoms with Crippen molar-refractivity contribution in [3.8, 4) is 0 Å². The Morgan fingerprint density at radius 1 is 1.07 bits per heavy atom. The first-order valence-corrected chi connectivity index (χ1v) is 15.4. The van der Waals surface area contributed by atoms with E-state index in [0.717, 1.165) is 69.5 Å². The van der Waals surface area contributed by atoms with E-state index in [4.69, 9.17) is 5.10 Å². The summed E-state index contributed by atoms with van der Waals surface area (Å²) in [5.74, 6) is 0.508. The van der Waals surface area contributed by atoms with Crippen LogP contribution in [0.25, 0.3) is 0 Å². The number of nitrogens with one attached hydrogen (secondary N) is 1. The summed E-state index contributed by atoms with van der Waals surface area (Å²) in [6, 6.07) is 19.5. The predicted octanol–water partition coefficient (Wildman–Crippen LogP) is 6.07. The van der Waals surface area contributed by atoms with Crippen molar-refractivity contribution in [2.75, 3.05) is 19.6 Å². The topological polar surface area (TPSA) is 70.4 Å². The van der Waals surface area contributed by atoms with Gasteiger partial charge in [-0.05, 0) is 92.8 Å². The maximum absolute atomic E-state index is 13.3. The molecule has 1 saturated heterocycles. The van der Waals surface area contributed by atoms with Crippen LogP contribution in [0.2, 0.25) is 0 Å². The molecule has 0 bridgehead atoms. The number of rotatable bonds is 11. The first-order valence-electron chi connectivity index (χ1n) is 15.4. The van der Waals surface area contributed by atoms with E-state index in [-0.39, 0.29) is 17.8 Å². The number of benzene rings is 2. The summed E-state index contributed by atoms with van der Waals surface area (Å²) in [6.07, 6.45) is 4.93. The Hall–Kier alpha value is -3.03. The highest BCUT2D eigenvalue weighted by molar-refractivity contribution is 5.73. The largest absolute Gasteiger partial charge is 0.480 e. The normalized spacial score (nSPS) is 22.8. The third-order valence-corrected chi connectivity index (χ3v) is 9.23. The molecule has 6 nitrogen and oxygen atoms in total. The number of piperidine rings is 1. The third kappa shape index (κ3) is 7.25. The van der Waals surface area contributed by atoms with Gasteiger partial charge in [-0.2, -0.15) is 5.10 Å². The number of nitrogens with zero attached hydrogens (tertiary/aromatic N) is 3. The minimum absolute atomic E-state index is 0.0496. The highest BCUT2D eigenvalue weighted by Gasteiger charge is 2.39. The Morgan fingerprint density at radius 2 is 1.78 bits per heavy atom. The molecule has 1 saturated carbocycles. The molecule has 2 aliphatic rings. The number of aliphatic carboxylic acids is 1. The minimum atomic E-state index is -0.756. The summed E-state index contributed by atoms with van der Waals surface area (Å²) >= 11 is 0. The summed E-state index contributed by atoms with van der Waals surface area (Å²) in [7, 11) is 0. The van der Waals surface area contributed by atoms with Gasteiger partial charge in [0, 0.05) is 37.2 Å². The van der Waals surface area contributed by atoms with Gasteiger partial charge in [-0.1, -0.05) is 56.3 Å². The molecule has 3 aromatic rings. The minimum Gasteiger partial charge on any atom is -0.480 e. The number of halogens is 1. The summed E-state index contributed by atoms with van der Waals surface area (Å²) in [4.78, 5) is 14.5. The van der Waals surface area contributed by atoms with Crippen LogP contribution in [0.15, 0.2) is 60.7 Å². The van der Waals surface area contributed by atoms with Crippen molar-refractivity contribution in [2.45, 2.75) is 83.3 Å². The van der Waals surface area contributed by atoms with Crippen LogP contribution in [-0.2, 0) is 17.8 Å². The summed E-state index contributed by atoms with van der Waals surface area (Å²) in [5.41, 5.74) is 4.82. The van der Waals surface area contributed by atoms with Crippen LogP contribution in [0.5, 0.6) is 0 Å². The van der Waals surface area contributed by atoms with Crippen molar-refractivity contribution < 1.29 is 14.3 Å². The fraction of sp³-hybridized carbons (Fsp3) is 0.529. The Labute approximate surface area is 244 Å². The quantitative estimate of drug-likeness (QED) is 0.298. The smallest absolute Gasteiger partial charge is 0.320 e. The highest BCUT2D eigenvalue weighted by atomic mass is 19.1. The number of hydrogen-bond acceptors (Lipinski definition) is 4. The van der Waals surface area contributed by atoms with E-state index >= 15 is 0 Å². The van der Waals surface area contributed by atoms with E-state index in [0.29, 0.717) is 17.8 Å². The van der Waals surface area contributed by atoms with Crippen molar-refractivity contribution >= 4 is 5.97 Å². The molecule has 1 aromatic heterocycles. The van der Waals surface area contributed by atoms with E-state index in [2.05, 4.69) is 58.2 Å². The van der Waals surface area contributed by atoms with Gasteiger partial charge in [-0.25, -0.2) is 4.39 Å². The maximum Gasteiger partial charge on any atom is 0.320 e. The van der Waals surface area contributed by atoms with Gasteiger partial charge in [0.25, 0.3) is 0 Å². The van der Waals surface area contributed by atoms with Crippen LogP contribution < -0.4 is 5.32 Å². The van der Waals surface area contributed by atoms with Crippen LogP contribution in [0.3, 0.4) is 0 Å². The van der Waals surface area contributed by atoms with E-state index in [1.807, 2.05) is 26.0 Å². The molecule has 4 atom stereocenters. The van der Waals surface area contributed by atoms with Crippen LogP contribution in [0.1, 0.15) is 80.8 Å². The molecule has 2 N–H and O–H groups in total. The molecule has 0 radical (unpaired) electrons. The van der Waals surface area contributed by atoms with Gasteiger partial charge in [0.05, 0.1) is 5.69 Å². The maximum atomic E-state index is 13.3. The van der Waals surface area contributed by atoms with Gasteiger partial charge in [0.2, 0.25) is 0 Å². The van der Waals surface area contributed by atoms with Gasteiger partial charge in [0.15, 0.2) is 0 Å². The van der Waals surface area contributed by atoms with Crippen molar-refractivity contribution in [1.82, 2.24) is 20.0 Å². The second-order valence-corrected chi connectivity index (χ2v) is 12.4. The molecule has 1 aliphatic heterocycles. The SMILES string of the molecule is CCn1nc(Cc2ccc(F)cc2)cc1C1CCN(CC2CC(NC(C(=O)O)C(C)C)CC2c2ccccc2)CC1. The molecular formula is C34H45FN4O2. The van der Waals surface area contributed by atoms with E-state index in [1.54, 1.807) is 0 Å². The molecule has 41 heavy (non-hydrogen) atoms. The number of hydrogen-bond donors (Lipinski definition) is 2. The zero-order chi connectivity index (χ0) is 28.9. The lowest BCUT2D eigenvalue weighted by Gasteiger charge is -2.35. The molecule has 5 rings (SSSR count). The van der Waals surface area contributed by atoms with E-state index in [1.165, 1.54) is 23.4 Å². The number of carboxylic acid groups (broad SMARTS) is 1. The van der Waals surface area contributed by atoms with Crippen molar-refractivity contribution in [3.63, 3.8) is 0 Å². The predicted molar refractivity (Wildman–Crippen MR) is 161 cm³/mol. The van der Waals surface area contributed by atoms with Gasteiger partial charge in [-0.15, -0.1) is 0 Å². The molecule has 220 valence electrons. The highest BCUT2D eigenvalue weighted by Crippen LogP contribution is 2.41.